The molecule has 3 aliphatic heterocycles. The number of nitrogens with zero attached hydrogens (tertiary/aromatic N) is 1. The number of carbonyl (C=O) groups is 3. The fraction of sp³-hybridized carbons (Fsp3) is 0.645. The Bertz CT molecular complexity index is 1180. The summed E-state index contributed by atoms with van der Waals surface area (Å²) in [4.78, 5) is 44.0. The molecule has 8 heteroatoms. The molecule has 1 aromatic carbocycles. The number of likely N-dealkylation sites (tertiary alicyclic amines) is 1. The largest absolute Gasteiger partial charge is 0.359 e. The maximum atomic E-state index is 14.3. The molecule has 4 fully saturated rings. The van der Waals surface area contributed by atoms with E-state index in [1.807, 2.05) is 17.1 Å². The fourth-order valence-corrected chi connectivity index (χ4v) is 8.15. The second-order valence-electron chi connectivity index (χ2n) is 12.7. The number of hydrogen-bond acceptors (Lipinski definition) is 4. The van der Waals surface area contributed by atoms with Crippen LogP contribution in [0.4, 0.5) is 5.69 Å². The minimum absolute atomic E-state index is 0.0279. The Kier molecular flexibility index (Phi) is 7.03. The maximum Gasteiger partial charge on any atom is 0.246 e. The molecule has 0 radical (unpaired) electrons. The lowest BCUT2D eigenvalue weighted by atomic mass is 9.73. The van der Waals surface area contributed by atoms with Gasteiger partial charge in [-0.1, -0.05) is 63.4 Å². The number of amides is 3. The highest BCUT2D eigenvalue weighted by molar-refractivity contribution is 6.30. The standard InChI is InChI=1S/C31H40ClN3O4/c1-17-10-12-22(13-11-17)35-27(29(37)34-23-9-4-6-18(2)19(23)3)31-15-14-24(39-31)25(26(31)30(35)38)28(36)33-21-8-5-7-20(32)16-21/h5,7-8,14-19,22-27H,4,6,9-13H2,1-3H3,(H,33,36)(H,34,37)/t17?,18-,19+,22?,23+,24-,25+,26-,27-,31-/m0/s1. The molecule has 0 aromatic heterocycles. The fourth-order valence-electron chi connectivity index (χ4n) is 7.96. The van der Waals surface area contributed by atoms with Gasteiger partial charge in [-0.25, -0.2) is 0 Å². The molecular formula is C31H40ClN3O4. The summed E-state index contributed by atoms with van der Waals surface area (Å²) in [5, 5.41) is 6.83. The van der Waals surface area contributed by atoms with E-state index in [1.165, 1.54) is 6.42 Å². The third kappa shape index (κ3) is 4.50. The van der Waals surface area contributed by atoms with Gasteiger partial charge < -0.3 is 20.3 Å². The van der Waals surface area contributed by atoms with Crippen molar-refractivity contribution in [1.82, 2.24) is 10.2 Å². The van der Waals surface area contributed by atoms with Crippen molar-refractivity contribution in [3.8, 4) is 0 Å². The molecule has 1 aromatic rings. The van der Waals surface area contributed by atoms with Crippen molar-refractivity contribution in [2.45, 2.75) is 95.5 Å². The SMILES string of the molecule is CC1CCC(N2C(=O)[C@@H]3[C@H](C(=O)Nc4cccc(Cl)c4)[C@@H]4C=C[C@@]3(O4)[C@@H]2C(=O)N[C@@H]2CCC[C@H](C)[C@H]2C)CC1. The number of carbonyl (C=O) groups excluding carboxylic acids is 3. The quantitative estimate of drug-likeness (QED) is 0.505. The molecule has 3 heterocycles. The highest BCUT2D eigenvalue weighted by Crippen LogP contribution is 2.56. The van der Waals surface area contributed by atoms with E-state index < -0.39 is 29.6 Å². The normalized spacial score (nSPS) is 41.0. The van der Waals surface area contributed by atoms with Gasteiger partial charge in [0.25, 0.3) is 0 Å². The molecule has 5 aliphatic rings. The second-order valence-corrected chi connectivity index (χ2v) is 13.2. The predicted molar refractivity (Wildman–Crippen MR) is 150 cm³/mol. The molecule has 0 unspecified atom stereocenters. The molecule has 2 N–H and O–H groups in total. The number of rotatable bonds is 5. The summed E-state index contributed by atoms with van der Waals surface area (Å²) in [6.07, 6.45) is 10.2. The van der Waals surface area contributed by atoms with Crippen molar-refractivity contribution in [3.05, 3.63) is 41.4 Å². The molecule has 1 spiro atoms. The molecule has 3 amide bonds. The van der Waals surface area contributed by atoms with Gasteiger partial charge in [0.1, 0.15) is 11.6 Å². The average Bonchev–Trinajstić information content (AvgIpc) is 3.55. The van der Waals surface area contributed by atoms with Crippen LogP contribution in [0.2, 0.25) is 5.02 Å². The first kappa shape index (κ1) is 26.8. The Labute approximate surface area is 236 Å². The molecule has 2 saturated carbocycles. The van der Waals surface area contributed by atoms with E-state index in [4.69, 9.17) is 16.3 Å². The molecule has 2 aliphatic carbocycles. The molecule has 7 nitrogen and oxygen atoms in total. The highest BCUT2D eigenvalue weighted by Gasteiger charge is 2.73. The Morgan fingerprint density at radius 2 is 1.82 bits per heavy atom. The topological polar surface area (TPSA) is 87.7 Å². The van der Waals surface area contributed by atoms with Gasteiger partial charge in [-0.2, -0.15) is 0 Å². The van der Waals surface area contributed by atoms with Crippen molar-refractivity contribution < 1.29 is 19.1 Å². The van der Waals surface area contributed by atoms with Crippen molar-refractivity contribution >= 4 is 35.0 Å². The van der Waals surface area contributed by atoms with Crippen LogP contribution in [0.15, 0.2) is 36.4 Å². The lowest BCUT2D eigenvalue weighted by Crippen LogP contribution is -2.59. The molecule has 210 valence electrons. The monoisotopic (exact) mass is 553 g/mol. The van der Waals surface area contributed by atoms with Gasteiger partial charge in [-0.15, -0.1) is 0 Å². The van der Waals surface area contributed by atoms with Crippen molar-refractivity contribution in [2.24, 2.45) is 29.6 Å². The minimum atomic E-state index is -1.13. The summed E-state index contributed by atoms with van der Waals surface area (Å²) in [5.41, 5.74) is -0.555. The zero-order chi connectivity index (χ0) is 27.5. The summed E-state index contributed by atoms with van der Waals surface area (Å²) in [5.74, 6) is -0.479. The van der Waals surface area contributed by atoms with Crippen LogP contribution in [-0.2, 0) is 19.1 Å². The maximum absolute atomic E-state index is 14.3. The van der Waals surface area contributed by atoms with Gasteiger partial charge in [-0.3, -0.25) is 14.4 Å². The van der Waals surface area contributed by atoms with Gasteiger partial charge in [0, 0.05) is 22.8 Å². The molecule has 6 rings (SSSR count). The van der Waals surface area contributed by atoms with E-state index in [2.05, 4.69) is 31.4 Å². The van der Waals surface area contributed by atoms with Crippen molar-refractivity contribution in [2.75, 3.05) is 5.32 Å². The minimum Gasteiger partial charge on any atom is -0.359 e. The van der Waals surface area contributed by atoms with E-state index in [-0.39, 0.29) is 29.8 Å². The summed E-state index contributed by atoms with van der Waals surface area (Å²) in [7, 11) is 0. The molecular weight excluding hydrogens is 514 g/mol. The molecule has 8 atom stereocenters. The third-order valence-electron chi connectivity index (χ3n) is 10.4. The van der Waals surface area contributed by atoms with Crippen LogP contribution in [0.1, 0.15) is 65.7 Å². The number of nitrogens with one attached hydrogen (secondary N) is 2. The van der Waals surface area contributed by atoms with E-state index in [0.29, 0.717) is 28.5 Å². The Morgan fingerprint density at radius 1 is 1.05 bits per heavy atom. The molecule has 2 saturated heterocycles. The van der Waals surface area contributed by atoms with E-state index in [0.717, 1.165) is 38.5 Å². The highest BCUT2D eigenvalue weighted by atomic mass is 35.5. The van der Waals surface area contributed by atoms with E-state index in [1.54, 1.807) is 24.3 Å². The average molecular weight is 554 g/mol. The van der Waals surface area contributed by atoms with Crippen LogP contribution >= 0.6 is 11.6 Å². The Hall–Kier alpha value is -2.38. The Morgan fingerprint density at radius 3 is 2.56 bits per heavy atom. The Balaban J connectivity index is 1.32. The number of halogens is 1. The summed E-state index contributed by atoms with van der Waals surface area (Å²) in [6.45, 7) is 6.71. The van der Waals surface area contributed by atoms with E-state index in [9.17, 15) is 14.4 Å². The van der Waals surface area contributed by atoms with E-state index >= 15 is 0 Å². The molecule has 39 heavy (non-hydrogen) atoms. The van der Waals surface area contributed by atoms with Crippen molar-refractivity contribution in [1.29, 1.82) is 0 Å². The number of hydrogen-bond donors (Lipinski definition) is 2. The van der Waals surface area contributed by atoms with Crippen LogP contribution in [0.25, 0.3) is 0 Å². The van der Waals surface area contributed by atoms with Crippen LogP contribution < -0.4 is 10.6 Å². The number of anilines is 1. The van der Waals surface area contributed by atoms with Crippen molar-refractivity contribution in [3.63, 3.8) is 0 Å². The van der Waals surface area contributed by atoms with Gasteiger partial charge >= 0.3 is 0 Å². The number of fused-ring (bicyclic) bond motifs is 1. The summed E-state index contributed by atoms with van der Waals surface area (Å²) >= 11 is 6.14. The van der Waals surface area contributed by atoms with Gasteiger partial charge in [0.05, 0.1) is 17.9 Å². The van der Waals surface area contributed by atoms with Crippen LogP contribution in [0, 0.1) is 29.6 Å². The third-order valence-corrected chi connectivity index (χ3v) is 10.6. The number of benzene rings is 1. The molecule has 2 bridgehead atoms. The first-order valence-electron chi connectivity index (χ1n) is 14.8. The predicted octanol–water partition coefficient (Wildman–Crippen LogP) is 4.95. The smallest absolute Gasteiger partial charge is 0.246 e. The first-order chi connectivity index (χ1) is 18.7. The van der Waals surface area contributed by atoms with Crippen LogP contribution in [0.3, 0.4) is 0 Å². The van der Waals surface area contributed by atoms with Crippen LogP contribution in [-0.4, -0.2) is 52.5 Å². The number of ether oxygens (including phenoxy) is 1. The lowest BCUT2D eigenvalue weighted by Gasteiger charge is -2.41. The lowest BCUT2D eigenvalue weighted by molar-refractivity contribution is -0.145. The first-order valence-corrected chi connectivity index (χ1v) is 15.1. The second kappa shape index (κ2) is 10.2. The van der Waals surface area contributed by atoms with Gasteiger partial charge in [0.15, 0.2) is 0 Å². The van der Waals surface area contributed by atoms with Gasteiger partial charge in [-0.05, 0) is 68.1 Å². The van der Waals surface area contributed by atoms with Gasteiger partial charge in [0.2, 0.25) is 17.7 Å². The zero-order valence-corrected chi connectivity index (χ0v) is 23.8. The zero-order valence-electron chi connectivity index (χ0n) is 23.1. The summed E-state index contributed by atoms with van der Waals surface area (Å²) in [6, 6.07) is 6.26. The van der Waals surface area contributed by atoms with Crippen LogP contribution in [0.5, 0.6) is 0 Å². The summed E-state index contributed by atoms with van der Waals surface area (Å²) < 4.78 is 6.54.